The summed E-state index contributed by atoms with van der Waals surface area (Å²) in [5.74, 6) is 0.158. The number of rotatable bonds is 1. The van der Waals surface area contributed by atoms with E-state index in [9.17, 15) is 5.11 Å². The minimum absolute atomic E-state index is 0.0883. The van der Waals surface area contributed by atoms with Crippen LogP contribution in [0.25, 0.3) is 0 Å². The fourth-order valence-corrected chi connectivity index (χ4v) is 4.34. The van der Waals surface area contributed by atoms with Crippen LogP contribution in [-0.2, 0) is 0 Å². The smallest absolute Gasteiger partial charge is 0.0938 e. The molecule has 1 heterocycles. The Morgan fingerprint density at radius 1 is 1.28 bits per heavy atom. The number of hydrogen-bond acceptors (Lipinski definition) is 2. The maximum absolute atomic E-state index is 10.5. The standard InChI is InChI=1S/C16H22O2/c1-15(2)6-4-7-16(3)13(15)9-12(17)14(16)11-5-8-18-10-11/h5,8-10,12,14,17H,4,6-7H2,1-3H3/t12-,14?,16?/m1/s1. The Hall–Kier alpha value is -1.02. The van der Waals surface area contributed by atoms with E-state index in [1.807, 2.05) is 6.07 Å². The van der Waals surface area contributed by atoms with Crippen LogP contribution >= 0.6 is 0 Å². The van der Waals surface area contributed by atoms with Gasteiger partial charge >= 0.3 is 0 Å². The molecule has 1 saturated carbocycles. The van der Waals surface area contributed by atoms with Gasteiger partial charge in [0.15, 0.2) is 0 Å². The van der Waals surface area contributed by atoms with Gasteiger partial charge in [-0.1, -0.05) is 38.8 Å². The van der Waals surface area contributed by atoms with Crippen LogP contribution in [0.15, 0.2) is 34.7 Å². The molecule has 0 bridgehead atoms. The molecule has 18 heavy (non-hydrogen) atoms. The Kier molecular flexibility index (Phi) is 2.50. The number of aliphatic hydroxyl groups excluding tert-OH is 1. The second kappa shape index (κ2) is 3.74. The summed E-state index contributed by atoms with van der Waals surface area (Å²) in [6.07, 6.45) is 8.85. The van der Waals surface area contributed by atoms with E-state index in [1.54, 1.807) is 12.5 Å². The van der Waals surface area contributed by atoms with E-state index < -0.39 is 0 Å². The minimum Gasteiger partial charge on any atom is -0.472 e. The number of furan rings is 1. The highest BCUT2D eigenvalue weighted by molar-refractivity contribution is 5.39. The summed E-state index contributed by atoms with van der Waals surface area (Å²) in [5, 5.41) is 10.5. The topological polar surface area (TPSA) is 33.4 Å². The summed E-state index contributed by atoms with van der Waals surface area (Å²) < 4.78 is 5.22. The van der Waals surface area contributed by atoms with Gasteiger partial charge in [0.1, 0.15) is 0 Å². The van der Waals surface area contributed by atoms with Gasteiger partial charge in [-0.25, -0.2) is 0 Å². The Bertz CT molecular complexity index is 469. The molecule has 3 atom stereocenters. The highest BCUT2D eigenvalue weighted by Gasteiger charge is 2.52. The molecule has 0 radical (unpaired) electrons. The molecule has 1 N–H and O–H groups in total. The second-order valence-electron chi connectivity index (χ2n) is 6.76. The third-order valence-corrected chi connectivity index (χ3v) is 5.11. The van der Waals surface area contributed by atoms with Crippen molar-refractivity contribution in [3.8, 4) is 0 Å². The summed E-state index contributed by atoms with van der Waals surface area (Å²) in [6.45, 7) is 6.93. The SMILES string of the molecule is CC1(C)CCCC2(C)C1=C[C@@H](O)C2c1ccoc1. The van der Waals surface area contributed by atoms with Crippen molar-refractivity contribution < 1.29 is 9.52 Å². The highest BCUT2D eigenvalue weighted by Crippen LogP contribution is 2.61. The van der Waals surface area contributed by atoms with Gasteiger partial charge in [-0.15, -0.1) is 0 Å². The monoisotopic (exact) mass is 246 g/mol. The van der Waals surface area contributed by atoms with Crippen molar-refractivity contribution >= 4 is 0 Å². The van der Waals surface area contributed by atoms with Gasteiger partial charge in [0.25, 0.3) is 0 Å². The van der Waals surface area contributed by atoms with Crippen LogP contribution in [0.1, 0.15) is 51.5 Å². The predicted octanol–water partition coefficient (Wildman–Crippen LogP) is 3.88. The van der Waals surface area contributed by atoms with Gasteiger partial charge < -0.3 is 9.52 Å². The van der Waals surface area contributed by atoms with Crippen molar-refractivity contribution in [3.05, 3.63) is 35.8 Å². The van der Waals surface area contributed by atoms with Gasteiger partial charge in [-0.05, 0) is 35.3 Å². The zero-order chi connectivity index (χ0) is 13.0. The molecule has 2 aliphatic carbocycles. The molecule has 1 aromatic heterocycles. The normalized spacial score (nSPS) is 38.3. The van der Waals surface area contributed by atoms with Crippen LogP contribution in [0.3, 0.4) is 0 Å². The molecule has 2 nitrogen and oxygen atoms in total. The Labute approximate surface area is 109 Å². The molecule has 3 rings (SSSR count). The zero-order valence-corrected chi connectivity index (χ0v) is 11.4. The molecule has 0 saturated heterocycles. The van der Waals surface area contributed by atoms with E-state index in [0.717, 1.165) is 12.0 Å². The van der Waals surface area contributed by atoms with Gasteiger partial charge in [0.2, 0.25) is 0 Å². The molecule has 1 fully saturated rings. The summed E-state index contributed by atoms with van der Waals surface area (Å²) >= 11 is 0. The van der Waals surface area contributed by atoms with Crippen molar-refractivity contribution in [2.24, 2.45) is 10.8 Å². The Morgan fingerprint density at radius 3 is 2.72 bits per heavy atom. The quantitative estimate of drug-likeness (QED) is 0.763. The summed E-state index contributed by atoms with van der Waals surface area (Å²) in [7, 11) is 0. The molecular weight excluding hydrogens is 224 g/mol. The molecule has 98 valence electrons. The molecule has 1 aromatic rings. The lowest BCUT2D eigenvalue weighted by atomic mass is 9.58. The molecule has 2 aliphatic rings. The first-order valence-corrected chi connectivity index (χ1v) is 6.88. The Morgan fingerprint density at radius 2 is 2.06 bits per heavy atom. The van der Waals surface area contributed by atoms with E-state index in [-0.39, 0.29) is 22.9 Å². The van der Waals surface area contributed by atoms with E-state index in [1.165, 1.54) is 18.4 Å². The zero-order valence-electron chi connectivity index (χ0n) is 11.4. The molecule has 0 aliphatic heterocycles. The maximum Gasteiger partial charge on any atom is 0.0938 e. The van der Waals surface area contributed by atoms with Crippen LogP contribution in [-0.4, -0.2) is 11.2 Å². The lowest BCUT2D eigenvalue weighted by molar-refractivity contribution is 0.116. The number of fused-ring (bicyclic) bond motifs is 1. The highest BCUT2D eigenvalue weighted by atomic mass is 16.3. The summed E-state index contributed by atoms with van der Waals surface area (Å²) in [4.78, 5) is 0. The molecule has 2 unspecified atom stereocenters. The van der Waals surface area contributed by atoms with E-state index in [2.05, 4.69) is 26.8 Å². The fraction of sp³-hybridized carbons (Fsp3) is 0.625. The average molecular weight is 246 g/mol. The van der Waals surface area contributed by atoms with E-state index in [4.69, 9.17) is 4.42 Å². The molecular formula is C16H22O2. The van der Waals surface area contributed by atoms with Crippen LogP contribution in [0.4, 0.5) is 0 Å². The van der Waals surface area contributed by atoms with Crippen LogP contribution < -0.4 is 0 Å². The molecule has 0 amide bonds. The maximum atomic E-state index is 10.5. The first kappa shape index (κ1) is 12.0. The predicted molar refractivity (Wildman–Crippen MR) is 71.3 cm³/mol. The van der Waals surface area contributed by atoms with Crippen molar-refractivity contribution in [2.45, 2.75) is 52.1 Å². The van der Waals surface area contributed by atoms with Crippen molar-refractivity contribution in [2.75, 3.05) is 0 Å². The van der Waals surface area contributed by atoms with Crippen LogP contribution in [0.5, 0.6) is 0 Å². The first-order valence-electron chi connectivity index (χ1n) is 6.88. The van der Waals surface area contributed by atoms with E-state index >= 15 is 0 Å². The van der Waals surface area contributed by atoms with Crippen molar-refractivity contribution in [1.82, 2.24) is 0 Å². The largest absolute Gasteiger partial charge is 0.472 e. The van der Waals surface area contributed by atoms with Crippen molar-refractivity contribution in [3.63, 3.8) is 0 Å². The molecule has 0 spiro atoms. The van der Waals surface area contributed by atoms with Crippen LogP contribution in [0, 0.1) is 10.8 Å². The lowest BCUT2D eigenvalue weighted by Gasteiger charge is -2.46. The van der Waals surface area contributed by atoms with Gasteiger partial charge in [0.05, 0.1) is 18.6 Å². The number of hydrogen-bond donors (Lipinski definition) is 1. The first-order chi connectivity index (χ1) is 8.45. The summed E-state index contributed by atoms with van der Waals surface area (Å²) in [6, 6.07) is 2.00. The minimum atomic E-state index is -0.375. The third-order valence-electron chi connectivity index (χ3n) is 5.11. The van der Waals surface area contributed by atoms with E-state index in [0.29, 0.717) is 0 Å². The van der Waals surface area contributed by atoms with Crippen molar-refractivity contribution in [1.29, 1.82) is 0 Å². The summed E-state index contributed by atoms with van der Waals surface area (Å²) in [5.41, 5.74) is 2.88. The third kappa shape index (κ3) is 1.51. The molecule has 2 heteroatoms. The van der Waals surface area contributed by atoms with Gasteiger partial charge in [-0.3, -0.25) is 0 Å². The van der Waals surface area contributed by atoms with Gasteiger partial charge in [0, 0.05) is 5.92 Å². The average Bonchev–Trinajstić information content (AvgIpc) is 2.84. The second-order valence-corrected chi connectivity index (χ2v) is 6.76. The van der Waals surface area contributed by atoms with Gasteiger partial charge in [-0.2, -0.15) is 0 Å². The fourth-order valence-electron chi connectivity index (χ4n) is 4.34. The Balaban J connectivity index is 2.06. The number of aliphatic hydroxyl groups is 1. The van der Waals surface area contributed by atoms with Crippen LogP contribution in [0.2, 0.25) is 0 Å². The number of allylic oxidation sites excluding steroid dienone is 1. The lowest BCUT2D eigenvalue weighted by Crippen LogP contribution is -2.36. The molecule has 0 aromatic carbocycles.